The number of nitrogens with one attached hydrogen (secondary N) is 1. The SMILES string of the molecule is COC(C)CC(Cc1ccc(Cl)cc1)NN. The molecule has 0 aliphatic rings. The third-order valence-corrected chi connectivity index (χ3v) is 2.90. The van der Waals surface area contributed by atoms with Crippen LogP contribution in [0.4, 0.5) is 0 Å². The van der Waals surface area contributed by atoms with Crippen molar-refractivity contribution in [3.63, 3.8) is 0 Å². The topological polar surface area (TPSA) is 47.3 Å². The van der Waals surface area contributed by atoms with Crippen LogP contribution in [-0.4, -0.2) is 19.3 Å². The minimum Gasteiger partial charge on any atom is -0.382 e. The van der Waals surface area contributed by atoms with Crippen LogP contribution in [0.25, 0.3) is 0 Å². The number of rotatable bonds is 6. The van der Waals surface area contributed by atoms with Crippen LogP contribution in [0.5, 0.6) is 0 Å². The molecule has 0 heterocycles. The molecule has 0 fully saturated rings. The molecule has 0 radical (unpaired) electrons. The molecule has 1 aromatic carbocycles. The van der Waals surface area contributed by atoms with Crippen LogP contribution < -0.4 is 11.3 Å². The zero-order chi connectivity index (χ0) is 12.0. The minimum absolute atomic E-state index is 0.202. The van der Waals surface area contributed by atoms with E-state index in [2.05, 4.69) is 5.43 Å². The fourth-order valence-electron chi connectivity index (χ4n) is 1.61. The van der Waals surface area contributed by atoms with E-state index < -0.39 is 0 Å². The fourth-order valence-corrected chi connectivity index (χ4v) is 1.74. The molecule has 1 aromatic rings. The second-order valence-corrected chi connectivity index (χ2v) is 4.41. The van der Waals surface area contributed by atoms with Crippen molar-refractivity contribution in [2.45, 2.75) is 31.9 Å². The molecule has 3 nitrogen and oxygen atoms in total. The first-order valence-corrected chi connectivity index (χ1v) is 5.77. The first kappa shape index (κ1) is 13.5. The van der Waals surface area contributed by atoms with Gasteiger partial charge in [0.05, 0.1) is 6.10 Å². The van der Waals surface area contributed by atoms with Gasteiger partial charge in [-0.3, -0.25) is 11.3 Å². The number of halogens is 1. The van der Waals surface area contributed by atoms with Gasteiger partial charge in [0, 0.05) is 18.2 Å². The monoisotopic (exact) mass is 242 g/mol. The van der Waals surface area contributed by atoms with Crippen molar-refractivity contribution in [3.05, 3.63) is 34.9 Å². The lowest BCUT2D eigenvalue weighted by Gasteiger charge is -2.19. The summed E-state index contributed by atoms with van der Waals surface area (Å²) in [7, 11) is 1.71. The molecule has 3 N–H and O–H groups in total. The molecule has 0 spiro atoms. The summed E-state index contributed by atoms with van der Waals surface area (Å²) in [5, 5.41) is 0.756. The van der Waals surface area contributed by atoms with E-state index in [0.29, 0.717) is 0 Å². The maximum atomic E-state index is 5.83. The molecular weight excluding hydrogens is 224 g/mol. The van der Waals surface area contributed by atoms with Gasteiger partial charge < -0.3 is 4.74 Å². The van der Waals surface area contributed by atoms with E-state index in [1.54, 1.807) is 7.11 Å². The lowest BCUT2D eigenvalue weighted by molar-refractivity contribution is 0.100. The number of hydrogen-bond acceptors (Lipinski definition) is 3. The van der Waals surface area contributed by atoms with Crippen molar-refractivity contribution >= 4 is 11.6 Å². The van der Waals surface area contributed by atoms with E-state index in [1.165, 1.54) is 5.56 Å². The molecule has 0 amide bonds. The van der Waals surface area contributed by atoms with Gasteiger partial charge in [-0.2, -0.15) is 0 Å². The van der Waals surface area contributed by atoms with Crippen molar-refractivity contribution < 1.29 is 4.74 Å². The summed E-state index contributed by atoms with van der Waals surface area (Å²) in [6.07, 6.45) is 1.96. The van der Waals surface area contributed by atoms with Crippen LogP contribution in [-0.2, 0) is 11.2 Å². The van der Waals surface area contributed by atoms with Crippen molar-refractivity contribution in [1.29, 1.82) is 0 Å². The highest BCUT2D eigenvalue weighted by molar-refractivity contribution is 6.30. The molecule has 2 unspecified atom stereocenters. The zero-order valence-corrected chi connectivity index (χ0v) is 10.5. The van der Waals surface area contributed by atoms with Gasteiger partial charge in [0.25, 0.3) is 0 Å². The second kappa shape index (κ2) is 6.86. The van der Waals surface area contributed by atoms with Gasteiger partial charge in [0.2, 0.25) is 0 Å². The zero-order valence-electron chi connectivity index (χ0n) is 9.74. The van der Waals surface area contributed by atoms with Crippen LogP contribution >= 0.6 is 11.6 Å². The summed E-state index contributed by atoms with van der Waals surface area (Å²) >= 11 is 5.83. The molecule has 1 rings (SSSR count). The van der Waals surface area contributed by atoms with E-state index in [4.69, 9.17) is 22.2 Å². The van der Waals surface area contributed by atoms with Crippen LogP contribution in [0.15, 0.2) is 24.3 Å². The van der Waals surface area contributed by atoms with Crippen LogP contribution in [0.2, 0.25) is 5.02 Å². The van der Waals surface area contributed by atoms with E-state index in [0.717, 1.165) is 17.9 Å². The summed E-state index contributed by atoms with van der Waals surface area (Å²) in [6, 6.07) is 8.04. The molecule has 2 atom stereocenters. The molecular formula is C12H19ClN2O. The summed E-state index contributed by atoms with van der Waals surface area (Å²) in [5.41, 5.74) is 4.04. The van der Waals surface area contributed by atoms with E-state index in [9.17, 15) is 0 Å². The predicted octanol–water partition coefficient (Wildman–Crippen LogP) is 2.14. The number of benzene rings is 1. The normalized spacial score (nSPS) is 14.8. The third kappa shape index (κ3) is 4.49. The largest absolute Gasteiger partial charge is 0.382 e. The van der Waals surface area contributed by atoms with Crippen molar-refractivity contribution in [2.24, 2.45) is 5.84 Å². The van der Waals surface area contributed by atoms with Crippen LogP contribution in [0.1, 0.15) is 18.9 Å². The molecule has 0 aromatic heterocycles. The van der Waals surface area contributed by atoms with Gasteiger partial charge >= 0.3 is 0 Å². The Morgan fingerprint density at radius 2 is 2.00 bits per heavy atom. The number of nitrogens with two attached hydrogens (primary N) is 1. The second-order valence-electron chi connectivity index (χ2n) is 3.98. The van der Waals surface area contributed by atoms with Crippen molar-refractivity contribution in [1.82, 2.24) is 5.43 Å². The number of hydrazine groups is 1. The highest BCUT2D eigenvalue weighted by Gasteiger charge is 2.11. The van der Waals surface area contributed by atoms with Gasteiger partial charge in [-0.15, -0.1) is 0 Å². The molecule has 0 saturated heterocycles. The predicted molar refractivity (Wildman–Crippen MR) is 67.4 cm³/mol. The Morgan fingerprint density at radius 3 is 2.50 bits per heavy atom. The van der Waals surface area contributed by atoms with Gasteiger partial charge in [-0.25, -0.2) is 0 Å². The molecule has 16 heavy (non-hydrogen) atoms. The summed E-state index contributed by atoms with van der Waals surface area (Å²) < 4.78 is 5.22. The highest BCUT2D eigenvalue weighted by Crippen LogP contribution is 2.13. The lowest BCUT2D eigenvalue weighted by Crippen LogP contribution is -2.39. The average molecular weight is 243 g/mol. The Bertz CT molecular complexity index is 302. The van der Waals surface area contributed by atoms with Crippen molar-refractivity contribution in [2.75, 3.05) is 7.11 Å². The van der Waals surface area contributed by atoms with Crippen LogP contribution in [0.3, 0.4) is 0 Å². The average Bonchev–Trinajstić information content (AvgIpc) is 2.30. The van der Waals surface area contributed by atoms with E-state index in [1.807, 2.05) is 31.2 Å². The highest BCUT2D eigenvalue weighted by atomic mass is 35.5. The molecule has 0 bridgehead atoms. The first-order chi connectivity index (χ1) is 7.65. The van der Waals surface area contributed by atoms with E-state index in [-0.39, 0.29) is 12.1 Å². The quantitative estimate of drug-likeness (QED) is 0.594. The smallest absolute Gasteiger partial charge is 0.0558 e. The Hall–Kier alpha value is -0.610. The fraction of sp³-hybridized carbons (Fsp3) is 0.500. The standard InChI is InChI=1S/C12H19ClN2O/c1-9(16-2)7-12(15-14)8-10-3-5-11(13)6-4-10/h3-6,9,12,15H,7-8,14H2,1-2H3. The maximum absolute atomic E-state index is 5.83. The Balaban J connectivity index is 2.52. The third-order valence-electron chi connectivity index (χ3n) is 2.65. The summed E-state index contributed by atoms with van der Waals surface area (Å²) in [6.45, 7) is 2.03. The molecule has 0 aliphatic heterocycles. The lowest BCUT2D eigenvalue weighted by atomic mass is 10.0. The first-order valence-electron chi connectivity index (χ1n) is 5.39. The number of hydrogen-bond donors (Lipinski definition) is 2. The number of ether oxygens (including phenoxy) is 1. The van der Waals surface area contributed by atoms with Gasteiger partial charge in [0.15, 0.2) is 0 Å². The molecule has 90 valence electrons. The van der Waals surface area contributed by atoms with Crippen LogP contribution in [0, 0.1) is 0 Å². The molecule has 0 aliphatic carbocycles. The summed E-state index contributed by atoms with van der Waals surface area (Å²) in [4.78, 5) is 0. The Kier molecular flexibility index (Phi) is 5.77. The van der Waals surface area contributed by atoms with Crippen molar-refractivity contribution in [3.8, 4) is 0 Å². The molecule has 0 saturated carbocycles. The maximum Gasteiger partial charge on any atom is 0.0558 e. The van der Waals surface area contributed by atoms with Gasteiger partial charge in [-0.1, -0.05) is 23.7 Å². The van der Waals surface area contributed by atoms with E-state index >= 15 is 0 Å². The summed E-state index contributed by atoms with van der Waals surface area (Å²) in [5.74, 6) is 5.52. The van der Waals surface area contributed by atoms with Gasteiger partial charge in [-0.05, 0) is 37.5 Å². The minimum atomic E-state index is 0.202. The Labute approximate surface area is 102 Å². The molecule has 4 heteroatoms. The van der Waals surface area contributed by atoms with Gasteiger partial charge in [0.1, 0.15) is 0 Å². The Morgan fingerprint density at radius 1 is 1.38 bits per heavy atom. The number of methoxy groups -OCH3 is 1.